The van der Waals surface area contributed by atoms with E-state index in [1.54, 1.807) is 7.11 Å². The van der Waals surface area contributed by atoms with Crippen LogP contribution in [0.5, 0.6) is 0 Å². The molecule has 0 saturated carbocycles. The van der Waals surface area contributed by atoms with Crippen molar-refractivity contribution in [2.75, 3.05) is 41.0 Å². The predicted octanol–water partition coefficient (Wildman–Crippen LogP) is 0.494. The van der Waals surface area contributed by atoms with Crippen molar-refractivity contribution in [2.24, 2.45) is 0 Å². The number of esters is 1. The van der Waals surface area contributed by atoms with Gasteiger partial charge in [0.2, 0.25) is 0 Å². The highest BCUT2D eigenvalue weighted by atomic mass is 16.5. The molecule has 0 radical (unpaired) electrons. The molecule has 0 rings (SSSR count). The van der Waals surface area contributed by atoms with Gasteiger partial charge in [0, 0.05) is 32.8 Å². The van der Waals surface area contributed by atoms with Gasteiger partial charge in [-0.25, -0.2) is 0 Å². The highest BCUT2D eigenvalue weighted by Gasteiger charge is 2.21. The van der Waals surface area contributed by atoms with E-state index in [2.05, 4.69) is 10.2 Å². The summed E-state index contributed by atoms with van der Waals surface area (Å²) in [5.41, 5.74) is 0. The Balaban J connectivity index is 4.08. The van der Waals surface area contributed by atoms with Gasteiger partial charge in [-0.05, 0) is 13.5 Å². The van der Waals surface area contributed by atoms with Crippen LogP contribution in [0.3, 0.4) is 0 Å². The molecule has 1 N–H and O–H groups in total. The Bertz CT molecular complexity index is 210. The summed E-state index contributed by atoms with van der Waals surface area (Å²) in [5, 5.41) is 3.20. The lowest BCUT2D eigenvalue weighted by molar-refractivity contribution is -0.143. The van der Waals surface area contributed by atoms with E-state index in [-0.39, 0.29) is 18.1 Å². The van der Waals surface area contributed by atoms with Gasteiger partial charge in [0.25, 0.3) is 0 Å². The van der Waals surface area contributed by atoms with E-state index < -0.39 is 0 Å². The number of likely N-dealkylation sites (N-methyl/N-ethyl adjacent to an activating group) is 1. The maximum atomic E-state index is 11.6. The third kappa shape index (κ3) is 8.12. The van der Waals surface area contributed by atoms with Crippen LogP contribution in [-0.2, 0) is 14.3 Å². The SMILES string of the molecule is COCCCN(C)CC(NC(C)C)C(=O)OC. The van der Waals surface area contributed by atoms with E-state index in [1.807, 2.05) is 20.9 Å². The van der Waals surface area contributed by atoms with Crippen molar-refractivity contribution in [3.63, 3.8) is 0 Å². The summed E-state index contributed by atoms with van der Waals surface area (Å²) in [6, 6.07) is -0.0148. The molecule has 17 heavy (non-hydrogen) atoms. The minimum Gasteiger partial charge on any atom is -0.468 e. The number of nitrogens with one attached hydrogen (secondary N) is 1. The van der Waals surface area contributed by atoms with E-state index in [4.69, 9.17) is 9.47 Å². The molecule has 0 aliphatic heterocycles. The lowest BCUT2D eigenvalue weighted by Gasteiger charge is -2.24. The van der Waals surface area contributed by atoms with Crippen molar-refractivity contribution in [3.05, 3.63) is 0 Å². The molecule has 0 heterocycles. The van der Waals surface area contributed by atoms with Crippen molar-refractivity contribution < 1.29 is 14.3 Å². The quantitative estimate of drug-likeness (QED) is 0.474. The molecule has 0 aromatic rings. The summed E-state index contributed by atoms with van der Waals surface area (Å²) >= 11 is 0. The van der Waals surface area contributed by atoms with Crippen molar-refractivity contribution >= 4 is 5.97 Å². The Hall–Kier alpha value is -0.650. The number of carbonyl (C=O) groups excluding carboxylic acids is 1. The summed E-state index contributed by atoms with van der Waals surface area (Å²) in [6.07, 6.45) is 0.961. The van der Waals surface area contributed by atoms with E-state index >= 15 is 0 Å². The number of nitrogens with zero attached hydrogens (tertiary/aromatic N) is 1. The van der Waals surface area contributed by atoms with Crippen molar-refractivity contribution in [1.82, 2.24) is 10.2 Å². The molecule has 0 amide bonds. The van der Waals surface area contributed by atoms with Gasteiger partial charge < -0.3 is 19.7 Å². The lowest BCUT2D eigenvalue weighted by atomic mass is 10.2. The van der Waals surface area contributed by atoms with E-state index in [0.717, 1.165) is 19.6 Å². The van der Waals surface area contributed by atoms with Crippen LogP contribution in [0, 0.1) is 0 Å². The molecular formula is C12H26N2O3. The third-order valence-corrected chi connectivity index (χ3v) is 2.40. The normalized spacial score (nSPS) is 13.1. The Morgan fingerprint density at radius 2 is 2.00 bits per heavy atom. The Labute approximate surface area is 104 Å². The van der Waals surface area contributed by atoms with Gasteiger partial charge in [-0.1, -0.05) is 13.8 Å². The van der Waals surface area contributed by atoms with E-state index in [0.29, 0.717) is 6.54 Å². The number of hydrogen-bond acceptors (Lipinski definition) is 5. The summed E-state index contributed by atoms with van der Waals surface area (Å²) in [4.78, 5) is 13.7. The van der Waals surface area contributed by atoms with Crippen LogP contribution in [0.4, 0.5) is 0 Å². The summed E-state index contributed by atoms with van der Waals surface area (Å²) in [5.74, 6) is -0.211. The highest BCUT2D eigenvalue weighted by molar-refractivity contribution is 5.75. The van der Waals surface area contributed by atoms with Crippen LogP contribution in [0.25, 0.3) is 0 Å². The maximum Gasteiger partial charge on any atom is 0.324 e. The van der Waals surface area contributed by atoms with Crippen molar-refractivity contribution in [1.29, 1.82) is 0 Å². The number of carbonyl (C=O) groups is 1. The van der Waals surface area contributed by atoms with Gasteiger partial charge >= 0.3 is 5.97 Å². The zero-order chi connectivity index (χ0) is 13.3. The van der Waals surface area contributed by atoms with Crippen molar-refractivity contribution in [2.45, 2.75) is 32.4 Å². The lowest BCUT2D eigenvalue weighted by Crippen LogP contribution is -2.48. The number of ether oxygens (including phenoxy) is 2. The fourth-order valence-corrected chi connectivity index (χ4v) is 1.62. The molecule has 1 atom stereocenters. The van der Waals surface area contributed by atoms with Gasteiger partial charge in [0.1, 0.15) is 6.04 Å². The van der Waals surface area contributed by atoms with Gasteiger partial charge in [-0.15, -0.1) is 0 Å². The Kier molecular flexibility index (Phi) is 9.03. The average molecular weight is 246 g/mol. The van der Waals surface area contributed by atoms with Gasteiger partial charge in [0.05, 0.1) is 7.11 Å². The fourth-order valence-electron chi connectivity index (χ4n) is 1.62. The molecule has 0 aliphatic rings. The molecule has 5 heteroatoms. The summed E-state index contributed by atoms with van der Waals surface area (Å²) in [7, 11) is 5.10. The minimum atomic E-state index is -0.271. The molecule has 0 aliphatic carbocycles. The summed E-state index contributed by atoms with van der Waals surface area (Å²) in [6.45, 7) is 6.32. The Morgan fingerprint density at radius 3 is 2.47 bits per heavy atom. The van der Waals surface area contributed by atoms with E-state index in [9.17, 15) is 4.79 Å². The predicted molar refractivity (Wildman–Crippen MR) is 68.1 cm³/mol. The summed E-state index contributed by atoms with van der Waals surface area (Å²) < 4.78 is 9.78. The second-order valence-corrected chi connectivity index (χ2v) is 4.51. The molecule has 0 bridgehead atoms. The maximum absolute atomic E-state index is 11.6. The van der Waals surface area contributed by atoms with Crippen LogP contribution in [-0.4, -0.2) is 63.9 Å². The molecule has 0 aromatic carbocycles. The first-order valence-corrected chi connectivity index (χ1v) is 6.02. The number of rotatable bonds is 9. The first-order valence-electron chi connectivity index (χ1n) is 6.02. The first-order chi connectivity index (χ1) is 8.01. The molecule has 0 aromatic heterocycles. The molecule has 5 nitrogen and oxygen atoms in total. The van der Waals surface area contributed by atoms with Crippen LogP contribution in [0.2, 0.25) is 0 Å². The van der Waals surface area contributed by atoms with Gasteiger partial charge in [-0.3, -0.25) is 4.79 Å². The van der Waals surface area contributed by atoms with E-state index in [1.165, 1.54) is 7.11 Å². The van der Waals surface area contributed by atoms with Crippen LogP contribution < -0.4 is 5.32 Å². The first kappa shape index (κ1) is 16.4. The number of methoxy groups -OCH3 is 2. The number of hydrogen-bond donors (Lipinski definition) is 1. The van der Waals surface area contributed by atoms with Crippen LogP contribution in [0.1, 0.15) is 20.3 Å². The van der Waals surface area contributed by atoms with Crippen LogP contribution in [0.15, 0.2) is 0 Å². The highest BCUT2D eigenvalue weighted by Crippen LogP contribution is 1.97. The molecule has 0 fully saturated rings. The average Bonchev–Trinajstić information content (AvgIpc) is 2.27. The Morgan fingerprint density at radius 1 is 1.35 bits per heavy atom. The zero-order valence-electron chi connectivity index (χ0n) is 11.7. The fraction of sp³-hybridized carbons (Fsp3) is 0.917. The standard InChI is InChI=1S/C12H26N2O3/c1-10(2)13-11(12(15)17-5)9-14(3)7-6-8-16-4/h10-11,13H,6-9H2,1-5H3. The molecular weight excluding hydrogens is 220 g/mol. The van der Waals surface area contributed by atoms with Crippen molar-refractivity contribution in [3.8, 4) is 0 Å². The smallest absolute Gasteiger partial charge is 0.324 e. The molecule has 102 valence electrons. The molecule has 0 saturated heterocycles. The van der Waals surface area contributed by atoms with Gasteiger partial charge in [0.15, 0.2) is 0 Å². The minimum absolute atomic E-state index is 0.211. The largest absolute Gasteiger partial charge is 0.468 e. The third-order valence-electron chi connectivity index (χ3n) is 2.40. The second kappa shape index (κ2) is 9.39. The van der Waals surface area contributed by atoms with Crippen LogP contribution >= 0.6 is 0 Å². The molecule has 0 spiro atoms. The zero-order valence-corrected chi connectivity index (χ0v) is 11.7. The second-order valence-electron chi connectivity index (χ2n) is 4.51. The monoisotopic (exact) mass is 246 g/mol. The van der Waals surface area contributed by atoms with Gasteiger partial charge in [-0.2, -0.15) is 0 Å². The topological polar surface area (TPSA) is 50.8 Å². The molecule has 1 unspecified atom stereocenters.